The van der Waals surface area contributed by atoms with E-state index in [1.165, 1.54) is 0 Å². The minimum atomic E-state index is -0.549. The van der Waals surface area contributed by atoms with E-state index < -0.39 is 12.1 Å². The van der Waals surface area contributed by atoms with Gasteiger partial charge in [0, 0.05) is 13.2 Å². The van der Waals surface area contributed by atoms with E-state index in [1.807, 2.05) is 30.3 Å². The molecule has 106 valence electrons. The first-order valence-electron chi connectivity index (χ1n) is 6.74. The minimum Gasteiger partial charge on any atom is -0.445 e. The Labute approximate surface area is 118 Å². The first kappa shape index (κ1) is 14.4. The second-order valence-electron chi connectivity index (χ2n) is 4.76. The molecule has 0 spiro atoms. The third kappa shape index (κ3) is 4.25. The predicted molar refractivity (Wildman–Crippen MR) is 72.7 cm³/mol. The molecule has 1 fully saturated rings. The maximum absolute atomic E-state index is 11.7. The number of nitrogens with zero attached hydrogens (tertiary/aromatic N) is 1. The zero-order chi connectivity index (χ0) is 14.2. The van der Waals surface area contributed by atoms with Crippen molar-refractivity contribution in [2.75, 3.05) is 13.2 Å². The standard InChI is InChI=1S/C15H18N2O3/c16-10-14(13-6-8-19-9-7-13)17-15(18)20-11-12-4-2-1-3-5-12/h1-5,13-14H,6-9,11H2,(H,17,18). The monoisotopic (exact) mass is 274 g/mol. The Morgan fingerprint density at radius 2 is 2.10 bits per heavy atom. The van der Waals surface area contributed by atoms with Gasteiger partial charge in [0.1, 0.15) is 12.6 Å². The van der Waals surface area contributed by atoms with Gasteiger partial charge in [0.05, 0.1) is 6.07 Å². The molecule has 1 N–H and O–H groups in total. The van der Waals surface area contributed by atoms with Gasteiger partial charge in [-0.1, -0.05) is 30.3 Å². The van der Waals surface area contributed by atoms with Gasteiger partial charge in [0.25, 0.3) is 0 Å². The number of alkyl carbamates (subject to hydrolysis) is 1. The molecule has 0 saturated carbocycles. The van der Waals surface area contributed by atoms with Crippen LogP contribution in [0, 0.1) is 17.2 Å². The minimum absolute atomic E-state index is 0.137. The van der Waals surface area contributed by atoms with Gasteiger partial charge in [-0.05, 0) is 24.3 Å². The van der Waals surface area contributed by atoms with E-state index in [2.05, 4.69) is 11.4 Å². The molecule has 1 atom stereocenters. The number of rotatable bonds is 4. The van der Waals surface area contributed by atoms with Gasteiger partial charge in [0.15, 0.2) is 0 Å². The molecule has 0 bridgehead atoms. The molecule has 5 heteroatoms. The van der Waals surface area contributed by atoms with Gasteiger partial charge >= 0.3 is 6.09 Å². The average Bonchev–Trinajstić information content (AvgIpc) is 2.52. The second-order valence-corrected chi connectivity index (χ2v) is 4.76. The summed E-state index contributed by atoms with van der Waals surface area (Å²) in [5.74, 6) is 0.137. The van der Waals surface area contributed by atoms with Crippen molar-refractivity contribution in [3.05, 3.63) is 35.9 Å². The summed E-state index contributed by atoms with van der Waals surface area (Å²) < 4.78 is 10.4. The summed E-state index contributed by atoms with van der Waals surface area (Å²) in [6.45, 7) is 1.49. The lowest BCUT2D eigenvalue weighted by Crippen LogP contribution is -2.41. The molecule has 1 saturated heterocycles. The van der Waals surface area contributed by atoms with Gasteiger partial charge in [-0.3, -0.25) is 0 Å². The highest BCUT2D eigenvalue weighted by Crippen LogP contribution is 2.18. The Morgan fingerprint density at radius 1 is 1.40 bits per heavy atom. The number of benzene rings is 1. The topological polar surface area (TPSA) is 71.4 Å². The van der Waals surface area contributed by atoms with E-state index in [1.54, 1.807) is 0 Å². The zero-order valence-corrected chi connectivity index (χ0v) is 11.2. The zero-order valence-electron chi connectivity index (χ0n) is 11.2. The third-order valence-electron chi connectivity index (χ3n) is 3.36. The quantitative estimate of drug-likeness (QED) is 0.914. The maximum Gasteiger partial charge on any atom is 0.408 e. The highest BCUT2D eigenvalue weighted by atomic mass is 16.5. The number of ether oxygens (including phenoxy) is 2. The Bertz CT molecular complexity index is 464. The maximum atomic E-state index is 11.7. The summed E-state index contributed by atoms with van der Waals surface area (Å²) >= 11 is 0. The molecule has 5 nitrogen and oxygen atoms in total. The van der Waals surface area contributed by atoms with E-state index in [4.69, 9.17) is 14.7 Å². The van der Waals surface area contributed by atoms with Crippen molar-refractivity contribution in [1.82, 2.24) is 5.32 Å². The van der Waals surface area contributed by atoms with E-state index in [-0.39, 0.29) is 12.5 Å². The fourth-order valence-electron chi connectivity index (χ4n) is 2.20. The van der Waals surface area contributed by atoms with Crippen molar-refractivity contribution in [2.45, 2.75) is 25.5 Å². The van der Waals surface area contributed by atoms with Crippen molar-refractivity contribution < 1.29 is 14.3 Å². The molecular formula is C15H18N2O3. The van der Waals surface area contributed by atoms with Crippen LogP contribution < -0.4 is 5.32 Å². The summed E-state index contributed by atoms with van der Waals surface area (Å²) in [5.41, 5.74) is 0.919. The van der Waals surface area contributed by atoms with Crippen LogP contribution in [-0.2, 0) is 16.1 Å². The number of nitriles is 1. The highest BCUT2D eigenvalue weighted by Gasteiger charge is 2.25. The molecule has 20 heavy (non-hydrogen) atoms. The van der Waals surface area contributed by atoms with E-state index in [9.17, 15) is 4.79 Å². The first-order valence-corrected chi connectivity index (χ1v) is 6.74. The summed E-state index contributed by atoms with van der Waals surface area (Å²) in [4.78, 5) is 11.7. The largest absolute Gasteiger partial charge is 0.445 e. The fourth-order valence-corrected chi connectivity index (χ4v) is 2.20. The SMILES string of the molecule is N#CC(NC(=O)OCc1ccccc1)C1CCOCC1. The normalized spacial score (nSPS) is 16.9. The van der Waals surface area contributed by atoms with E-state index in [0.717, 1.165) is 18.4 Å². The van der Waals surface area contributed by atoms with Crippen molar-refractivity contribution in [3.8, 4) is 6.07 Å². The van der Waals surface area contributed by atoms with Crippen molar-refractivity contribution in [1.29, 1.82) is 5.26 Å². The lowest BCUT2D eigenvalue weighted by Gasteiger charge is -2.26. The number of amides is 1. The van der Waals surface area contributed by atoms with E-state index in [0.29, 0.717) is 13.2 Å². The number of carbonyl (C=O) groups excluding carboxylic acids is 1. The molecule has 2 rings (SSSR count). The molecule has 1 amide bonds. The van der Waals surface area contributed by atoms with Crippen LogP contribution in [0.2, 0.25) is 0 Å². The number of hydrogen-bond donors (Lipinski definition) is 1. The van der Waals surface area contributed by atoms with Gasteiger partial charge < -0.3 is 14.8 Å². The molecule has 1 aromatic carbocycles. The summed E-state index contributed by atoms with van der Waals surface area (Å²) in [6.07, 6.45) is 1.03. The second kappa shape index (κ2) is 7.51. The molecule has 1 unspecified atom stereocenters. The van der Waals surface area contributed by atoms with Crippen LogP contribution in [0.5, 0.6) is 0 Å². The summed E-state index contributed by atoms with van der Waals surface area (Å²) in [7, 11) is 0. The molecule has 1 aliphatic heterocycles. The van der Waals surface area contributed by atoms with Crippen LogP contribution in [0.1, 0.15) is 18.4 Å². The Morgan fingerprint density at radius 3 is 2.75 bits per heavy atom. The molecule has 0 aliphatic carbocycles. The smallest absolute Gasteiger partial charge is 0.408 e. The van der Waals surface area contributed by atoms with Crippen LogP contribution in [0.15, 0.2) is 30.3 Å². The van der Waals surface area contributed by atoms with Crippen molar-refractivity contribution >= 4 is 6.09 Å². The lowest BCUT2D eigenvalue weighted by molar-refractivity contribution is 0.0581. The molecule has 1 aromatic rings. The van der Waals surface area contributed by atoms with Gasteiger partial charge in [0.2, 0.25) is 0 Å². The molecule has 0 aromatic heterocycles. The molecule has 1 heterocycles. The Balaban J connectivity index is 1.79. The Kier molecular flexibility index (Phi) is 5.39. The third-order valence-corrected chi connectivity index (χ3v) is 3.36. The van der Waals surface area contributed by atoms with Gasteiger partial charge in [-0.15, -0.1) is 0 Å². The first-order chi connectivity index (χ1) is 9.79. The van der Waals surface area contributed by atoms with Crippen LogP contribution in [0.4, 0.5) is 4.79 Å². The number of nitrogens with one attached hydrogen (secondary N) is 1. The van der Waals surface area contributed by atoms with Gasteiger partial charge in [-0.25, -0.2) is 4.79 Å². The van der Waals surface area contributed by atoms with Crippen LogP contribution >= 0.6 is 0 Å². The average molecular weight is 274 g/mol. The van der Waals surface area contributed by atoms with Crippen LogP contribution in [0.25, 0.3) is 0 Å². The van der Waals surface area contributed by atoms with Crippen molar-refractivity contribution in [3.63, 3.8) is 0 Å². The summed E-state index contributed by atoms with van der Waals surface area (Å²) in [6, 6.07) is 11.1. The van der Waals surface area contributed by atoms with Crippen LogP contribution in [-0.4, -0.2) is 25.3 Å². The molecule has 0 radical (unpaired) electrons. The number of carbonyl (C=O) groups is 1. The van der Waals surface area contributed by atoms with Crippen LogP contribution in [0.3, 0.4) is 0 Å². The molecule has 1 aliphatic rings. The van der Waals surface area contributed by atoms with Gasteiger partial charge in [-0.2, -0.15) is 5.26 Å². The Hall–Kier alpha value is -2.06. The predicted octanol–water partition coefficient (Wildman–Crippen LogP) is 2.23. The molecular weight excluding hydrogens is 256 g/mol. The summed E-state index contributed by atoms with van der Waals surface area (Å²) in [5, 5.41) is 11.8. The highest BCUT2D eigenvalue weighted by molar-refractivity contribution is 5.68. The van der Waals surface area contributed by atoms with Crippen molar-refractivity contribution in [2.24, 2.45) is 5.92 Å². The lowest BCUT2D eigenvalue weighted by atomic mass is 9.93. The fraction of sp³-hybridized carbons (Fsp3) is 0.467. The number of hydrogen-bond acceptors (Lipinski definition) is 4. The van der Waals surface area contributed by atoms with E-state index >= 15 is 0 Å².